The molecule has 0 aliphatic carbocycles. The van der Waals surface area contributed by atoms with Crippen LogP contribution in [0.5, 0.6) is 0 Å². The first-order valence-corrected chi connectivity index (χ1v) is 7.32. The molecule has 1 N–H and O–H groups in total. The third-order valence-electron chi connectivity index (χ3n) is 2.94. The molecular weight excluding hydrogens is 220 g/mol. The van der Waals surface area contributed by atoms with Crippen LogP contribution in [0.3, 0.4) is 0 Å². The first kappa shape index (κ1) is 14.3. The Labute approximate surface area is 104 Å². The Bertz CT molecular complexity index is 178. The van der Waals surface area contributed by atoms with Gasteiger partial charge in [0.1, 0.15) is 0 Å². The Morgan fingerprint density at radius 1 is 1.38 bits per heavy atom. The molecule has 1 aliphatic heterocycles. The zero-order valence-corrected chi connectivity index (χ0v) is 11.7. The molecule has 96 valence electrons. The molecule has 0 bridgehead atoms. The van der Waals surface area contributed by atoms with Crippen molar-refractivity contribution in [3.8, 4) is 0 Å². The summed E-state index contributed by atoms with van der Waals surface area (Å²) >= 11 is 2.09. The van der Waals surface area contributed by atoms with Gasteiger partial charge in [-0.05, 0) is 32.7 Å². The molecule has 2 unspecified atom stereocenters. The second-order valence-corrected chi connectivity index (χ2v) is 6.18. The van der Waals surface area contributed by atoms with Gasteiger partial charge in [0, 0.05) is 24.4 Å². The molecule has 0 aromatic heterocycles. The van der Waals surface area contributed by atoms with Crippen molar-refractivity contribution in [3.05, 3.63) is 0 Å². The zero-order valence-electron chi connectivity index (χ0n) is 10.9. The van der Waals surface area contributed by atoms with Gasteiger partial charge in [-0.15, -0.1) is 0 Å². The summed E-state index contributed by atoms with van der Waals surface area (Å²) in [6.45, 7) is 6.00. The molecule has 0 aromatic carbocycles. The van der Waals surface area contributed by atoms with Crippen molar-refractivity contribution in [3.63, 3.8) is 0 Å². The van der Waals surface area contributed by atoms with Gasteiger partial charge in [0.25, 0.3) is 0 Å². The predicted octanol–water partition coefficient (Wildman–Crippen LogP) is 1.44. The summed E-state index contributed by atoms with van der Waals surface area (Å²) in [6, 6.07) is 0.691. The van der Waals surface area contributed by atoms with Crippen molar-refractivity contribution in [2.45, 2.75) is 31.1 Å². The molecule has 0 aromatic rings. The number of hydrogen-bond donors (Lipinski definition) is 1. The Kier molecular flexibility index (Phi) is 7.45. The fourth-order valence-corrected chi connectivity index (χ4v) is 3.03. The van der Waals surface area contributed by atoms with Crippen molar-refractivity contribution in [2.24, 2.45) is 0 Å². The maximum Gasteiger partial charge on any atom is 0.0593 e. The Balaban J connectivity index is 1.94. The summed E-state index contributed by atoms with van der Waals surface area (Å²) in [5, 5.41) is 4.36. The van der Waals surface area contributed by atoms with E-state index < -0.39 is 0 Å². The minimum Gasteiger partial charge on any atom is -0.379 e. The molecule has 0 spiro atoms. The minimum absolute atomic E-state index is 0.691. The molecule has 1 rings (SSSR count). The highest BCUT2D eigenvalue weighted by molar-refractivity contribution is 7.99. The van der Waals surface area contributed by atoms with E-state index in [2.05, 4.69) is 43.0 Å². The molecule has 0 amide bonds. The van der Waals surface area contributed by atoms with E-state index in [0.29, 0.717) is 6.04 Å². The Morgan fingerprint density at radius 2 is 2.19 bits per heavy atom. The fourth-order valence-electron chi connectivity index (χ4n) is 1.86. The van der Waals surface area contributed by atoms with Crippen LogP contribution in [0.4, 0.5) is 0 Å². The van der Waals surface area contributed by atoms with Crippen molar-refractivity contribution in [1.82, 2.24) is 10.2 Å². The number of nitrogens with one attached hydrogen (secondary N) is 1. The first-order valence-electron chi connectivity index (χ1n) is 6.27. The topological polar surface area (TPSA) is 24.5 Å². The van der Waals surface area contributed by atoms with Gasteiger partial charge in [-0.3, -0.25) is 0 Å². The lowest BCUT2D eigenvalue weighted by atomic mass is 10.1. The highest BCUT2D eigenvalue weighted by Crippen LogP contribution is 2.24. The minimum atomic E-state index is 0.691. The number of ether oxygens (including phenoxy) is 1. The summed E-state index contributed by atoms with van der Waals surface area (Å²) in [4.78, 5) is 2.15. The van der Waals surface area contributed by atoms with Crippen LogP contribution >= 0.6 is 11.8 Å². The van der Waals surface area contributed by atoms with Crippen LogP contribution in [0.25, 0.3) is 0 Å². The highest BCUT2D eigenvalue weighted by atomic mass is 32.2. The summed E-state index contributed by atoms with van der Waals surface area (Å²) in [5.74, 6) is 1.33. The van der Waals surface area contributed by atoms with Crippen molar-refractivity contribution in [1.29, 1.82) is 0 Å². The summed E-state index contributed by atoms with van der Waals surface area (Å²) in [5.41, 5.74) is 0. The molecule has 1 fully saturated rings. The number of nitrogens with zero attached hydrogens (tertiary/aromatic N) is 1. The van der Waals surface area contributed by atoms with Gasteiger partial charge < -0.3 is 15.0 Å². The van der Waals surface area contributed by atoms with E-state index in [1.165, 1.54) is 18.6 Å². The van der Waals surface area contributed by atoms with Gasteiger partial charge in [0.05, 0.1) is 13.2 Å². The van der Waals surface area contributed by atoms with Crippen molar-refractivity contribution >= 4 is 11.8 Å². The van der Waals surface area contributed by atoms with E-state index in [1.807, 2.05) is 0 Å². The number of hydrogen-bond acceptors (Lipinski definition) is 4. The largest absolute Gasteiger partial charge is 0.379 e. The van der Waals surface area contributed by atoms with Crippen molar-refractivity contribution < 1.29 is 4.74 Å². The van der Waals surface area contributed by atoms with E-state index in [1.54, 1.807) is 0 Å². The smallest absolute Gasteiger partial charge is 0.0593 e. The lowest BCUT2D eigenvalue weighted by Crippen LogP contribution is -2.40. The van der Waals surface area contributed by atoms with Gasteiger partial charge in [0.2, 0.25) is 0 Å². The second-order valence-electron chi connectivity index (χ2n) is 4.69. The van der Waals surface area contributed by atoms with E-state index in [-0.39, 0.29) is 0 Å². The molecule has 0 radical (unpaired) electrons. The van der Waals surface area contributed by atoms with Gasteiger partial charge >= 0.3 is 0 Å². The Morgan fingerprint density at radius 3 is 2.88 bits per heavy atom. The Hall–Kier alpha value is 0.230. The van der Waals surface area contributed by atoms with Crippen molar-refractivity contribution in [2.75, 3.05) is 46.2 Å². The van der Waals surface area contributed by atoms with Crippen LogP contribution in [0.15, 0.2) is 0 Å². The third-order valence-corrected chi connectivity index (χ3v) is 4.32. The van der Waals surface area contributed by atoms with Crippen LogP contribution in [0.1, 0.15) is 19.8 Å². The van der Waals surface area contributed by atoms with Gasteiger partial charge in [0.15, 0.2) is 0 Å². The molecule has 3 nitrogen and oxygen atoms in total. The average molecular weight is 246 g/mol. The quantitative estimate of drug-likeness (QED) is 0.687. The van der Waals surface area contributed by atoms with Crippen LogP contribution in [-0.2, 0) is 4.74 Å². The summed E-state index contributed by atoms with van der Waals surface area (Å²) in [6.07, 6.45) is 2.68. The highest BCUT2D eigenvalue weighted by Gasteiger charge is 2.20. The number of likely N-dealkylation sites (N-methyl/N-ethyl adjacent to an activating group) is 1. The van der Waals surface area contributed by atoms with E-state index >= 15 is 0 Å². The van der Waals surface area contributed by atoms with Gasteiger partial charge in [-0.1, -0.05) is 6.92 Å². The van der Waals surface area contributed by atoms with Crippen LogP contribution in [0, 0.1) is 0 Å². The third kappa shape index (κ3) is 6.09. The maximum absolute atomic E-state index is 5.56. The van der Waals surface area contributed by atoms with E-state index in [9.17, 15) is 0 Å². The number of rotatable bonds is 7. The van der Waals surface area contributed by atoms with Gasteiger partial charge in [-0.2, -0.15) is 11.8 Å². The monoisotopic (exact) mass is 246 g/mol. The predicted molar refractivity (Wildman–Crippen MR) is 72.3 cm³/mol. The average Bonchev–Trinajstić information content (AvgIpc) is 2.25. The fraction of sp³-hybridized carbons (Fsp3) is 1.00. The standard InChI is InChI=1S/C12H26N2OS/c1-11-12(5-4-10-16-11)13-6-8-15-9-7-14(2)3/h11-13H,4-10H2,1-3H3. The molecule has 1 aliphatic rings. The maximum atomic E-state index is 5.56. The lowest BCUT2D eigenvalue weighted by molar-refractivity contribution is 0.117. The van der Waals surface area contributed by atoms with E-state index in [0.717, 1.165) is 31.6 Å². The molecule has 0 saturated carbocycles. The zero-order chi connectivity index (χ0) is 11.8. The molecular formula is C12H26N2OS. The van der Waals surface area contributed by atoms with Gasteiger partial charge in [-0.25, -0.2) is 0 Å². The van der Waals surface area contributed by atoms with E-state index in [4.69, 9.17) is 4.74 Å². The molecule has 1 heterocycles. The second kappa shape index (κ2) is 8.34. The van der Waals surface area contributed by atoms with Crippen LogP contribution in [0.2, 0.25) is 0 Å². The van der Waals surface area contributed by atoms with Crippen LogP contribution in [-0.4, -0.2) is 62.3 Å². The summed E-state index contributed by atoms with van der Waals surface area (Å²) in [7, 11) is 4.14. The summed E-state index contributed by atoms with van der Waals surface area (Å²) < 4.78 is 5.56. The normalized spacial score (nSPS) is 26.2. The lowest BCUT2D eigenvalue weighted by Gasteiger charge is -2.29. The molecule has 4 heteroatoms. The first-order chi connectivity index (χ1) is 7.70. The molecule has 16 heavy (non-hydrogen) atoms. The SMILES string of the molecule is CC1SCCCC1NCCOCCN(C)C. The number of thioether (sulfide) groups is 1. The molecule has 2 atom stereocenters. The van der Waals surface area contributed by atoms with Crippen LogP contribution < -0.4 is 5.32 Å². The molecule has 1 saturated heterocycles.